The fourth-order valence-corrected chi connectivity index (χ4v) is 9.35. The lowest BCUT2D eigenvalue weighted by Crippen LogP contribution is -2.34. The quantitative estimate of drug-likeness (QED) is 0.0831. The zero-order chi connectivity index (χ0) is 53.6. The first-order valence-corrected chi connectivity index (χ1v) is 24.5. The molecule has 0 saturated carbocycles. The van der Waals surface area contributed by atoms with Crippen LogP contribution in [0.25, 0.3) is 21.9 Å². The Bertz CT molecular complexity index is 3650. The second-order valence-electron chi connectivity index (χ2n) is 18.0. The van der Waals surface area contributed by atoms with E-state index >= 15 is 0 Å². The topological polar surface area (TPSA) is 216 Å². The van der Waals surface area contributed by atoms with Crippen LogP contribution in [0, 0.1) is 0 Å². The van der Waals surface area contributed by atoms with Gasteiger partial charge in [0.25, 0.3) is 34.7 Å². The van der Waals surface area contributed by atoms with Gasteiger partial charge >= 0.3 is 0 Å². The van der Waals surface area contributed by atoms with Crippen molar-refractivity contribution in [3.63, 3.8) is 0 Å². The Balaban J connectivity index is 0.000000187. The zero-order valence-corrected chi connectivity index (χ0v) is 42.8. The number of methoxy groups -OCH3 is 4. The first kappa shape index (κ1) is 51.6. The van der Waals surface area contributed by atoms with Gasteiger partial charge in [-0.15, -0.1) is 0 Å². The van der Waals surface area contributed by atoms with E-state index in [4.69, 9.17) is 28.7 Å². The maximum Gasteiger partial charge on any atom is 0.280 e. The summed E-state index contributed by atoms with van der Waals surface area (Å²) in [7, 11) is 6.29. The molecule has 76 heavy (non-hydrogen) atoms. The molecule has 2 aliphatic heterocycles. The van der Waals surface area contributed by atoms with Crippen LogP contribution in [0.2, 0.25) is 0 Å². The number of ether oxygens (including phenoxy) is 5. The van der Waals surface area contributed by atoms with E-state index in [9.17, 15) is 28.8 Å². The normalized spacial score (nSPS) is 12.8. The van der Waals surface area contributed by atoms with Gasteiger partial charge in [0.1, 0.15) is 29.2 Å². The lowest BCUT2D eigenvalue weighted by Gasteiger charge is -2.18. The second-order valence-corrected chi connectivity index (χ2v) is 18.0. The van der Waals surface area contributed by atoms with Crippen LogP contribution in [-0.4, -0.2) is 110 Å². The molecular formula is C57H54N8O11. The number of para-hydroxylation sites is 1. The van der Waals surface area contributed by atoms with Gasteiger partial charge in [0, 0.05) is 39.0 Å². The summed E-state index contributed by atoms with van der Waals surface area (Å²) >= 11 is 0. The highest BCUT2D eigenvalue weighted by atomic mass is 16.5. The number of nitrogens with zero attached hydrogens (tertiary/aromatic N) is 8. The number of aryl methyl sites for hydroxylation is 2. The van der Waals surface area contributed by atoms with Crippen molar-refractivity contribution in [2.24, 2.45) is 0 Å². The third-order valence-electron chi connectivity index (χ3n) is 13.1. The van der Waals surface area contributed by atoms with E-state index in [2.05, 4.69) is 15.0 Å². The molecule has 2 aliphatic rings. The van der Waals surface area contributed by atoms with Crippen molar-refractivity contribution < 1.29 is 42.9 Å². The summed E-state index contributed by atoms with van der Waals surface area (Å²) in [5, 5.41) is 0.509. The van der Waals surface area contributed by atoms with Gasteiger partial charge in [0.2, 0.25) is 0 Å². The number of aromatic nitrogens is 6. The molecule has 0 spiro atoms. The minimum absolute atomic E-state index is 0.0780. The molecule has 0 radical (unpaired) electrons. The summed E-state index contributed by atoms with van der Waals surface area (Å²) < 4.78 is 30.4. The molecule has 4 amide bonds. The number of hydrogen-bond acceptors (Lipinski definition) is 15. The Morgan fingerprint density at radius 3 is 1.58 bits per heavy atom. The summed E-state index contributed by atoms with van der Waals surface area (Å²) in [6.07, 6.45) is 4.12. The van der Waals surface area contributed by atoms with Crippen molar-refractivity contribution in [2.45, 2.75) is 58.7 Å². The maximum absolute atomic E-state index is 13.6. The summed E-state index contributed by atoms with van der Waals surface area (Å²) in [5.74, 6) is 2.29. The van der Waals surface area contributed by atoms with Gasteiger partial charge in [-0.1, -0.05) is 42.5 Å². The first-order valence-electron chi connectivity index (χ1n) is 24.5. The van der Waals surface area contributed by atoms with Gasteiger partial charge in [-0.3, -0.25) is 47.7 Å². The first-order chi connectivity index (χ1) is 36.8. The SMILES string of the molecule is COc1ccc(CCn2c(CCN3C(=O)c4cccc(OC(C)C)c4C3=O)nc3ccccc3c2=O)cc1OC.COc1ccc(CCn2c(CCN3C(=O)c4ccccc4C3=O)nc3cncnc3c2=O)cc1OC. The lowest BCUT2D eigenvalue weighted by atomic mass is 10.1. The van der Waals surface area contributed by atoms with Crippen molar-refractivity contribution in [1.82, 2.24) is 38.9 Å². The van der Waals surface area contributed by atoms with Gasteiger partial charge in [-0.25, -0.2) is 19.9 Å². The van der Waals surface area contributed by atoms with Crippen molar-refractivity contribution in [2.75, 3.05) is 41.5 Å². The van der Waals surface area contributed by atoms with Crippen LogP contribution in [0.5, 0.6) is 28.7 Å². The minimum Gasteiger partial charge on any atom is -0.493 e. The number of fused-ring (bicyclic) bond motifs is 4. The number of carbonyl (C=O) groups excluding carboxylic acids is 4. The summed E-state index contributed by atoms with van der Waals surface area (Å²) in [6.45, 7) is 4.58. The molecule has 19 nitrogen and oxygen atoms in total. The largest absolute Gasteiger partial charge is 0.493 e. The Labute approximate surface area is 436 Å². The number of rotatable bonds is 18. The van der Waals surface area contributed by atoms with Crippen LogP contribution >= 0.6 is 0 Å². The average Bonchev–Trinajstić information content (AvgIpc) is 3.84. The van der Waals surface area contributed by atoms with Gasteiger partial charge in [0.05, 0.1) is 73.9 Å². The fraction of sp³-hybridized carbons (Fsp3) is 0.263. The highest BCUT2D eigenvalue weighted by Crippen LogP contribution is 2.33. The molecule has 10 rings (SSSR count). The van der Waals surface area contributed by atoms with Gasteiger partial charge < -0.3 is 23.7 Å². The molecule has 0 saturated heterocycles. The molecule has 5 aromatic carbocycles. The van der Waals surface area contributed by atoms with Crippen molar-refractivity contribution in [1.29, 1.82) is 0 Å². The van der Waals surface area contributed by atoms with Gasteiger partial charge in [0.15, 0.2) is 28.5 Å². The molecule has 0 unspecified atom stereocenters. The molecule has 19 heteroatoms. The summed E-state index contributed by atoms with van der Waals surface area (Å²) in [5.41, 5.74) is 3.93. The molecule has 0 atom stereocenters. The monoisotopic (exact) mass is 1030 g/mol. The van der Waals surface area contributed by atoms with Gasteiger partial charge in [-0.05, 0) is 98.5 Å². The maximum atomic E-state index is 13.6. The third kappa shape index (κ3) is 10.3. The Morgan fingerprint density at radius 2 is 1.00 bits per heavy atom. The fourth-order valence-electron chi connectivity index (χ4n) is 9.35. The molecule has 5 heterocycles. The second kappa shape index (κ2) is 22.5. The minimum atomic E-state index is -0.406. The number of amides is 4. The lowest BCUT2D eigenvalue weighted by molar-refractivity contribution is 0.0638. The Hall–Kier alpha value is -9.26. The van der Waals surface area contributed by atoms with E-state index in [0.29, 0.717) is 99.4 Å². The van der Waals surface area contributed by atoms with Crippen LogP contribution in [0.15, 0.2) is 125 Å². The number of hydrogen-bond donors (Lipinski definition) is 0. The Kier molecular flexibility index (Phi) is 15.3. The molecule has 0 fully saturated rings. The van der Waals surface area contributed by atoms with E-state index in [1.165, 1.54) is 22.3 Å². The molecule has 0 aliphatic carbocycles. The number of benzene rings is 5. The third-order valence-corrected chi connectivity index (χ3v) is 13.1. The van der Waals surface area contributed by atoms with Crippen LogP contribution in [0.1, 0.15) is 78.1 Å². The Morgan fingerprint density at radius 1 is 0.487 bits per heavy atom. The van der Waals surface area contributed by atoms with Crippen LogP contribution in [0.3, 0.4) is 0 Å². The zero-order valence-electron chi connectivity index (χ0n) is 42.8. The van der Waals surface area contributed by atoms with E-state index in [0.717, 1.165) is 11.1 Å². The van der Waals surface area contributed by atoms with Crippen molar-refractivity contribution in [3.8, 4) is 28.7 Å². The molecule has 3 aromatic heterocycles. The number of imide groups is 2. The standard InChI is InChI=1S/C31H31N3O6.C26H23N5O5/c1-19(2)40-25-11-7-9-22-28(25)31(37)34(30(22)36)17-15-27-32-23-10-6-5-8-21(23)29(35)33(27)16-14-20-12-13-24(38-3)26(18-20)39-4;1-35-20-8-7-16(13-21(20)36-2)9-11-30-22(29-19-14-27-15-28-23(19)26(30)34)10-12-31-24(32)17-5-3-4-6-18(17)25(31)33/h5-13,18-19H,14-17H2,1-4H3;3-8,13-15H,9-12H2,1-2H3. The van der Waals surface area contributed by atoms with E-state index in [-0.39, 0.29) is 72.0 Å². The highest BCUT2D eigenvalue weighted by molar-refractivity contribution is 6.23. The predicted octanol–water partition coefficient (Wildman–Crippen LogP) is 6.57. The molecule has 388 valence electrons. The van der Waals surface area contributed by atoms with Crippen LogP contribution in [-0.2, 0) is 38.8 Å². The smallest absolute Gasteiger partial charge is 0.280 e. The van der Waals surface area contributed by atoms with Crippen molar-refractivity contribution in [3.05, 3.63) is 181 Å². The molecular weight excluding hydrogens is 973 g/mol. The molecule has 8 aromatic rings. The summed E-state index contributed by atoms with van der Waals surface area (Å²) in [6, 6.07) is 30.2. The van der Waals surface area contributed by atoms with Gasteiger partial charge in [-0.2, -0.15) is 0 Å². The predicted molar refractivity (Wildman–Crippen MR) is 281 cm³/mol. The molecule has 0 N–H and O–H groups in total. The molecule has 0 bridgehead atoms. The van der Waals surface area contributed by atoms with Crippen LogP contribution < -0.4 is 34.8 Å². The highest BCUT2D eigenvalue weighted by Gasteiger charge is 2.38. The summed E-state index contributed by atoms with van der Waals surface area (Å²) in [4.78, 5) is 98.9. The van der Waals surface area contributed by atoms with E-state index in [1.807, 2.05) is 56.3 Å². The average molecular weight is 1030 g/mol. The van der Waals surface area contributed by atoms with E-state index < -0.39 is 5.91 Å². The van der Waals surface area contributed by atoms with E-state index in [1.54, 1.807) is 98.2 Å². The number of carbonyl (C=O) groups is 4. The van der Waals surface area contributed by atoms with Crippen LogP contribution in [0.4, 0.5) is 0 Å². The van der Waals surface area contributed by atoms with Crippen molar-refractivity contribution >= 4 is 45.6 Å².